The van der Waals surface area contributed by atoms with Crippen molar-refractivity contribution >= 4 is 29.9 Å². The lowest BCUT2D eigenvalue weighted by molar-refractivity contribution is 0.299. The summed E-state index contributed by atoms with van der Waals surface area (Å²) in [5, 5.41) is 0.490. The number of benzene rings is 2. The van der Waals surface area contributed by atoms with Crippen LogP contribution in [-0.4, -0.2) is 5.05 Å². The smallest absolute Gasteiger partial charge is 0.164 e. The molecule has 0 atom stereocenters. The van der Waals surface area contributed by atoms with Gasteiger partial charge < -0.3 is 9.47 Å². The summed E-state index contributed by atoms with van der Waals surface area (Å²) in [6.45, 7) is 6.31. The molecule has 0 aliphatic heterocycles. The largest absolute Gasteiger partial charge is 0.488 e. The number of thiol groups is 1. The molecule has 0 N–H and O–H groups in total. The Kier molecular flexibility index (Phi) is 5.86. The second-order valence-electron chi connectivity index (χ2n) is 5.20. The molecule has 2 rings (SSSR count). The Labute approximate surface area is 142 Å². The highest BCUT2D eigenvalue weighted by molar-refractivity contribution is 7.80. The number of rotatable bonds is 5. The number of hydrogen-bond acceptors (Lipinski definition) is 4. The van der Waals surface area contributed by atoms with Gasteiger partial charge in [0.05, 0.1) is 0 Å². The lowest BCUT2D eigenvalue weighted by Gasteiger charge is -2.16. The molecule has 22 heavy (non-hydrogen) atoms. The maximum atomic E-state index is 5.99. The van der Waals surface area contributed by atoms with E-state index in [-0.39, 0.29) is 0 Å². The maximum Gasteiger partial charge on any atom is 0.164 e. The Bertz CT molecular complexity index is 681. The van der Waals surface area contributed by atoms with Gasteiger partial charge in [-0.1, -0.05) is 29.8 Å². The fraction of sp³-hybridized carbons (Fsp3) is 0.278. The van der Waals surface area contributed by atoms with Crippen LogP contribution in [0.15, 0.2) is 36.4 Å². The molecule has 116 valence electrons. The predicted octanol–water partition coefficient (Wildman–Crippen LogP) is 5.04. The molecular formula is C18H20O2S2. The zero-order chi connectivity index (χ0) is 16.1. The Morgan fingerprint density at radius 1 is 1.14 bits per heavy atom. The first-order valence-corrected chi connectivity index (χ1v) is 8.15. The van der Waals surface area contributed by atoms with Gasteiger partial charge in [0.15, 0.2) is 5.05 Å². The van der Waals surface area contributed by atoms with Crippen molar-refractivity contribution in [3.63, 3.8) is 0 Å². The monoisotopic (exact) mass is 332 g/mol. The molecule has 0 heterocycles. The zero-order valence-electron chi connectivity index (χ0n) is 13.1. The van der Waals surface area contributed by atoms with Crippen LogP contribution >= 0.6 is 24.8 Å². The van der Waals surface area contributed by atoms with Crippen molar-refractivity contribution in [3.05, 3.63) is 58.7 Å². The summed E-state index contributed by atoms with van der Waals surface area (Å²) >= 11 is 9.43. The fourth-order valence-electron chi connectivity index (χ4n) is 2.28. The molecule has 0 aromatic heterocycles. The SMILES string of the molecule is CC(=S)Oc1cccc(CS)c1COc1ccc(C)cc1C. The Morgan fingerprint density at radius 3 is 2.55 bits per heavy atom. The second kappa shape index (κ2) is 7.65. The molecule has 0 bridgehead atoms. The van der Waals surface area contributed by atoms with Crippen molar-refractivity contribution < 1.29 is 9.47 Å². The third kappa shape index (κ3) is 4.24. The summed E-state index contributed by atoms with van der Waals surface area (Å²) in [6.07, 6.45) is 0. The highest BCUT2D eigenvalue weighted by Gasteiger charge is 2.11. The standard InChI is InChI=1S/C18H20O2S2/c1-12-7-8-17(13(2)9-12)19-10-16-15(11-21)5-4-6-18(16)20-14(3)22/h4-9,21H,10-11H2,1-3H3. The zero-order valence-corrected chi connectivity index (χ0v) is 14.8. The summed E-state index contributed by atoms with van der Waals surface area (Å²) in [4.78, 5) is 0. The molecule has 4 heteroatoms. The van der Waals surface area contributed by atoms with Crippen molar-refractivity contribution in [2.75, 3.05) is 0 Å². The van der Waals surface area contributed by atoms with Crippen LogP contribution in [0.5, 0.6) is 11.5 Å². The molecule has 0 fully saturated rings. The molecule has 0 radical (unpaired) electrons. The summed E-state index contributed by atoms with van der Waals surface area (Å²) in [5.41, 5.74) is 4.42. The van der Waals surface area contributed by atoms with Gasteiger partial charge in [-0.3, -0.25) is 0 Å². The minimum absolute atomic E-state index is 0.429. The predicted molar refractivity (Wildman–Crippen MR) is 98.3 cm³/mol. The molecule has 0 spiro atoms. The highest BCUT2D eigenvalue weighted by atomic mass is 32.1. The average molecular weight is 332 g/mol. The van der Waals surface area contributed by atoms with Gasteiger partial charge in [0, 0.05) is 18.2 Å². The van der Waals surface area contributed by atoms with E-state index in [1.165, 1.54) is 5.56 Å². The number of thiocarbonyl (C=S) groups is 1. The molecule has 2 aromatic rings. The lowest BCUT2D eigenvalue weighted by Crippen LogP contribution is -2.07. The molecule has 0 unspecified atom stereocenters. The van der Waals surface area contributed by atoms with Crippen molar-refractivity contribution in [2.45, 2.75) is 33.1 Å². The minimum Gasteiger partial charge on any atom is -0.488 e. The molecule has 0 saturated carbocycles. The van der Waals surface area contributed by atoms with Crippen LogP contribution in [0.2, 0.25) is 0 Å². The van der Waals surface area contributed by atoms with E-state index in [4.69, 9.17) is 21.7 Å². The van der Waals surface area contributed by atoms with Crippen LogP contribution in [-0.2, 0) is 12.4 Å². The van der Waals surface area contributed by atoms with Gasteiger partial charge in [0.2, 0.25) is 0 Å². The number of ether oxygens (including phenoxy) is 2. The van der Waals surface area contributed by atoms with E-state index >= 15 is 0 Å². The van der Waals surface area contributed by atoms with Crippen LogP contribution in [0.3, 0.4) is 0 Å². The third-order valence-corrected chi connectivity index (χ3v) is 3.78. The van der Waals surface area contributed by atoms with Crippen molar-refractivity contribution in [3.8, 4) is 11.5 Å². The maximum absolute atomic E-state index is 5.99. The lowest BCUT2D eigenvalue weighted by atomic mass is 10.1. The van der Waals surface area contributed by atoms with Crippen LogP contribution in [0.4, 0.5) is 0 Å². The average Bonchev–Trinajstić information content (AvgIpc) is 2.46. The first-order valence-electron chi connectivity index (χ1n) is 7.11. The summed E-state index contributed by atoms with van der Waals surface area (Å²) < 4.78 is 11.6. The van der Waals surface area contributed by atoms with E-state index in [1.54, 1.807) is 6.92 Å². The molecule has 2 aromatic carbocycles. The number of hydrogen-bond donors (Lipinski definition) is 1. The molecular weight excluding hydrogens is 312 g/mol. The van der Waals surface area contributed by atoms with Gasteiger partial charge in [-0.15, -0.1) is 0 Å². The van der Waals surface area contributed by atoms with Gasteiger partial charge in [-0.05, 0) is 49.3 Å². The normalized spacial score (nSPS) is 10.4. The highest BCUT2D eigenvalue weighted by Crippen LogP contribution is 2.27. The summed E-state index contributed by atoms with van der Waals surface area (Å²) in [6, 6.07) is 12.0. The van der Waals surface area contributed by atoms with Gasteiger partial charge in [-0.25, -0.2) is 0 Å². The van der Waals surface area contributed by atoms with E-state index in [9.17, 15) is 0 Å². The summed E-state index contributed by atoms with van der Waals surface area (Å²) in [5.74, 6) is 2.24. The van der Waals surface area contributed by atoms with Crippen LogP contribution < -0.4 is 9.47 Å². The van der Waals surface area contributed by atoms with Gasteiger partial charge in [0.1, 0.15) is 18.1 Å². The Balaban J connectivity index is 2.25. The van der Waals surface area contributed by atoms with E-state index in [0.717, 1.165) is 28.2 Å². The quantitative estimate of drug-likeness (QED) is 0.611. The number of aryl methyl sites for hydroxylation is 2. The van der Waals surface area contributed by atoms with E-state index in [0.29, 0.717) is 17.4 Å². The van der Waals surface area contributed by atoms with Gasteiger partial charge in [0.25, 0.3) is 0 Å². The Morgan fingerprint density at radius 2 is 1.91 bits per heavy atom. The van der Waals surface area contributed by atoms with E-state index < -0.39 is 0 Å². The van der Waals surface area contributed by atoms with Crippen molar-refractivity contribution in [2.24, 2.45) is 0 Å². The first kappa shape index (κ1) is 16.8. The van der Waals surface area contributed by atoms with Crippen LogP contribution in [0, 0.1) is 13.8 Å². The molecule has 0 amide bonds. The molecule has 0 aliphatic carbocycles. The van der Waals surface area contributed by atoms with E-state index in [2.05, 4.69) is 25.6 Å². The summed E-state index contributed by atoms with van der Waals surface area (Å²) in [7, 11) is 0. The van der Waals surface area contributed by atoms with Crippen LogP contribution in [0.25, 0.3) is 0 Å². The van der Waals surface area contributed by atoms with E-state index in [1.807, 2.05) is 37.3 Å². The minimum atomic E-state index is 0.429. The van der Waals surface area contributed by atoms with Gasteiger partial charge >= 0.3 is 0 Å². The Hall–Kier alpha value is -1.52. The van der Waals surface area contributed by atoms with Gasteiger partial charge in [-0.2, -0.15) is 12.6 Å². The van der Waals surface area contributed by atoms with Crippen molar-refractivity contribution in [1.82, 2.24) is 0 Å². The fourth-order valence-corrected chi connectivity index (χ4v) is 2.67. The third-order valence-electron chi connectivity index (χ3n) is 3.36. The second-order valence-corrected chi connectivity index (χ2v) is 6.09. The molecule has 0 aliphatic rings. The molecule has 2 nitrogen and oxygen atoms in total. The molecule has 0 saturated heterocycles. The first-order chi connectivity index (χ1) is 10.5. The topological polar surface area (TPSA) is 18.5 Å². The van der Waals surface area contributed by atoms with Crippen molar-refractivity contribution in [1.29, 1.82) is 0 Å². The van der Waals surface area contributed by atoms with Crippen LogP contribution in [0.1, 0.15) is 29.2 Å².